The van der Waals surface area contributed by atoms with Gasteiger partial charge in [-0.25, -0.2) is 0 Å². The van der Waals surface area contributed by atoms with Crippen molar-refractivity contribution in [1.82, 2.24) is 4.90 Å². The molecule has 0 unspecified atom stereocenters. The van der Waals surface area contributed by atoms with Crippen molar-refractivity contribution in [2.24, 2.45) is 5.92 Å². The highest BCUT2D eigenvalue weighted by molar-refractivity contribution is 7.99. The average Bonchev–Trinajstić information content (AvgIpc) is 2.64. The Morgan fingerprint density at radius 1 is 1.19 bits per heavy atom. The molecule has 1 fully saturated rings. The fourth-order valence-corrected chi connectivity index (χ4v) is 4.31. The molecule has 0 saturated carbocycles. The van der Waals surface area contributed by atoms with E-state index in [9.17, 15) is 4.79 Å². The molecule has 1 aliphatic rings. The molecule has 0 aromatic heterocycles. The Kier molecular flexibility index (Phi) is 7.00. The molecule has 1 amide bonds. The van der Waals surface area contributed by atoms with Crippen LogP contribution in [0.15, 0.2) is 53.4 Å². The van der Waals surface area contributed by atoms with Crippen molar-refractivity contribution in [1.29, 1.82) is 0 Å². The summed E-state index contributed by atoms with van der Waals surface area (Å²) in [6, 6.07) is 16.1. The summed E-state index contributed by atoms with van der Waals surface area (Å²) in [5.41, 5.74) is 2.16. The Bertz CT molecular complexity index is 744. The summed E-state index contributed by atoms with van der Waals surface area (Å²) in [5, 5.41) is 3.92. The number of para-hydroxylation sites is 1. The van der Waals surface area contributed by atoms with Gasteiger partial charge >= 0.3 is 0 Å². The number of anilines is 1. The van der Waals surface area contributed by atoms with Crippen molar-refractivity contribution in [3.8, 4) is 0 Å². The molecule has 1 heterocycles. The van der Waals surface area contributed by atoms with Gasteiger partial charge in [0.05, 0.1) is 5.69 Å². The van der Waals surface area contributed by atoms with Gasteiger partial charge in [0.2, 0.25) is 5.91 Å². The van der Waals surface area contributed by atoms with Gasteiger partial charge in [0.15, 0.2) is 0 Å². The monoisotopic (exact) mass is 388 g/mol. The van der Waals surface area contributed by atoms with Crippen molar-refractivity contribution in [2.75, 3.05) is 24.2 Å². The third-order valence-corrected chi connectivity index (χ3v) is 5.89. The summed E-state index contributed by atoms with van der Waals surface area (Å²) >= 11 is 7.83. The maximum absolute atomic E-state index is 12.7. The Hall–Kier alpha value is -1.49. The fourth-order valence-electron chi connectivity index (χ4n) is 3.33. The molecule has 5 heteroatoms. The van der Waals surface area contributed by atoms with Crippen LogP contribution in [0.4, 0.5) is 5.69 Å². The number of carbonyl (C=O) groups is 1. The fraction of sp³-hybridized carbons (Fsp3) is 0.381. The van der Waals surface area contributed by atoms with E-state index in [0.717, 1.165) is 53.8 Å². The number of nitrogens with zero attached hydrogens (tertiary/aromatic N) is 1. The highest BCUT2D eigenvalue weighted by atomic mass is 35.5. The van der Waals surface area contributed by atoms with Crippen LogP contribution in [0.1, 0.15) is 25.3 Å². The molecule has 0 aliphatic carbocycles. The molecule has 0 spiro atoms. The van der Waals surface area contributed by atoms with Crippen LogP contribution in [0.25, 0.3) is 0 Å². The lowest BCUT2D eigenvalue weighted by Gasteiger charge is -2.31. The molecular formula is C21H25ClN2OS. The molecule has 3 rings (SSSR count). The number of carbonyl (C=O) groups excluding carboxylic acids is 1. The van der Waals surface area contributed by atoms with Gasteiger partial charge in [0, 0.05) is 22.4 Å². The summed E-state index contributed by atoms with van der Waals surface area (Å²) in [4.78, 5) is 16.2. The summed E-state index contributed by atoms with van der Waals surface area (Å²) in [6.45, 7) is 4.90. The molecule has 0 bridgehead atoms. The van der Waals surface area contributed by atoms with E-state index in [0.29, 0.717) is 0 Å². The van der Waals surface area contributed by atoms with Crippen LogP contribution in [-0.2, 0) is 11.3 Å². The molecule has 2 aromatic rings. The lowest BCUT2D eigenvalue weighted by Crippen LogP contribution is -2.37. The van der Waals surface area contributed by atoms with Crippen molar-refractivity contribution in [3.63, 3.8) is 0 Å². The molecule has 138 valence electrons. The zero-order chi connectivity index (χ0) is 18.4. The highest BCUT2D eigenvalue weighted by Crippen LogP contribution is 2.28. The lowest BCUT2D eigenvalue weighted by molar-refractivity contribution is -0.121. The number of benzene rings is 2. The molecule has 0 radical (unpaired) electrons. The van der Waals surface area contributed by atoms with Crippen LogP contribution >= 0.6 is 23.4 Å². The maximum atomic E-state index is 12.7. The minimum absolute atomic E-state index is 0.0882. The second-order valence-electron chi connectivity index (χ2n) is 6.60. The summed E-state index contributed by atoms with van der Waals surface area (Å²) in [6.07, 6.45) is 1.80. The van der Waals surface area contributed by atoms with Gasteiger partial charge in [-0.05, 0) is 61.5 Å². The molecule has 1 aliphatic heterocycles. The van der Waals surface area contributed by atoms with Crippen LogP contribution in [0.5, 0.6) is 0 Å². The zero-order valence-corrected chi connectivity index (χ0v) is 16.7. The zero-order valence-electron chi connectivity index (χ0n) is 15.1. The summed E-state index contributed by atoms with van der Waals surface area (Å²) in [5.74, 6) is 1.23. The van der Waals surface area contributed by atoms with E-state index in [1.54, 1.807) is 11.8 Å². The Morgan fingerprint density at radius 2 is 1.96 bits per heavy atom. The first-order chi connectivity index (χ1) is 12.7. The Labute approximate surface area is 165 Å². The summed E-state index contributed by atoms with van der Waals surface area (Å²) in [7, 11) is 0. The third-order valence-electron chi connectivity index (χ3n) is 4.70. The third kappa shape index (κ3) is 5.26. The van der Waals surface area contributed by atoms with E-state index in [-0.39, 0.29) is 11.8 Å². The molecule has 1 N–H and O–H groups in total. The van der Waals surface area contributed by atoms with Crippen LogP contribution in [0, 0.1) is 5.92 Å². The second-order valence-corrected chi connectivity index (χ2v) is 8.34. The van der Waals surface area contributed by atoms with E-state index in [2.05, 4.69) is 29.3 Å². The number of halogens is 1. The number of rotatable bonds is 6. The quantitative estimate of drug-likeness (QED) is 0.681. The van der Waals surface area contributed by atoms with Crippen molar-refractivity contribution >= 4 is 35.0 Å². The van der Waals surface area contributed by atoms with E-state index < -0.39 is 0 Å². The predicted octanol–water partition coefficient (Wildman–Crippen LogP) is 5.30. The number of amides is 1. The van der Waals surface area contributed by atoms with Gasteiger partial charge in [-0.3, -0.25) is 9.69 Å². The van der Waals surface area contributed by atoms with Crippen molar-refractivity contribution in [3.05, 3.63) is 59.1 Å². The normalized spacial score (nSPS) is 15.8. The first-order valence-corrected chi connectivity index (χ1v) is 10.5. The van der Waals surface area contributed by atoms with Gasteiger partial charge in [-0.15, -0.1) is 11.8 Å². The first kappa shape index (κ1) is 19.3. The molecular weight excluding hydrogens is 364 g/mol. The number of thioether (sulfide) groups is 1. The first-order valence-electron chi connectivity index (χ1n) is 9.15. The Morgan fingerprint density at radius 3 is 2.69 bits per heavy atom. The van der Waals surface area contributed by atoms with Crippen LogP contribution in [0.2, 0.25) is 5.02 Å². The van der Waals surface area contributed by atoms with Gasteiger partial charge in [0.1, 0.15) is 0 Å². The van der Waals surface area contributed by atoms with E-state index in [1.165, 1.54) is 5.56 Å². The number of piperidine rings is 1. The minimum Gasteiger partial charge on any atom is -0.325 e. The molecule has 1 saturated heterocycles. The van der Waals surface area contributed by atoms with Crippen molar-refractivity contribution < 1.29 is 4.79 Å². The van der Waals surface area contributed by atoms with E-state index in [1.807, 2.05) is 36.4 Å². The number of likely N-dealkylation sites (tertiary alicyclic amines) is 1. The van der Waals surface area contributed by atoms with E-state index in [4.69, 9.17) is 11.6 Å². The highest BCUT2D eigenvalue weighted by Gasteiger charge is 2.25. The topological polar surface area (TPSA) is 32.3 Å². The molecule has 0 atom stereocenters. The predicted molar refractivity (Wildman–Crippen MR) is 111 cm³/mol. The van der Waals surface area contributed by atoms with Crippen LogP contribution < -0.4 is 5.32 Å². The van der Waals surface area contributed by atoms with Gasteiger partial charge in [-0.2, -0.15) is 0 Å². The van der Waals surface area contributed by atoms with Gasteiger partial charge in [0.25, 0.3) is 0 Å². The van der Waals surface area contributed by atoms with Crippen LogP contribution in [0.3, 0.4) is 0 Å². The standard InChI is InChI=1S/C21H25ClN2OS/c1-2-26-20-9-4-3-8-19(20)23-21(25)17-10-12-24(13-11-17)15-16-6-5-7-18(22)14-16/h3-9,14,17H,2,10-13,15H2,1H3,(H,23,25). The summed E-state index contributed by atoms with van der Waals surface area (Å²) < 4.78 is 0. The number of nitrogens with one attached hydrogen (secondary N) is 1. The molecule has 2 aromatic carbocycles. The minimum atomic E-state index is 0.0882. The SMILES string of the molecule is CCSc1ccccc1NC(=O)C1CCN(Cc2cccc(Cl)c2)CC1. The Balaban J connectivity index is 1.52. The number of hydrogen-bond donors (Lipinski definition) is 1. The second kappa shape index (κ2) is 9.45. The number of hydrogen-bond acceptors (Lipinski definition) is 3. The van der Waals surface area contributed by atoms with Gasteiger partial charge in [-0.1, -0.05) is 42.8 Å². The molecule has 26 heavy (non-hydrogen) atoms. The van der Waals surface area contributed by atoms with Gasteiger partial charge < -0.3 is 5.32 Å². The lowest BCUT2D eigenvalue weighted by atomic mass is 9.95. The van der Waals surface area contributed by atoms with Crippen molar-refractivity contribution in [2.45, 2.75) is 31.2 Å². The molecule has 3 nitrogen and oxygen atoms in total. The van der Waals surface area contributed by atoms with Crippen LogP contribution in [-0.4, -0.2) is 29.6 Å². The maximum Gasteiger partial charge on any atom is 0.227 e. The average molecular weight is 389 g/mol. The largest absolute Gasteiger partial charge is 0.325 e. The van der Waals surface area contributed by atoms with E-state index >= 15 is 0 Å². The smallest absolute Gasteiger partial charge is 0.227 e.